The van der Waals surface area contributed by atoms with Crippen LogP contribution < -0.4 is 5.56 Å². The minimum atomic E-state index is -0.213. The highest BCUT2D eigenvalue weighted by Gasteiger charge is 2.13. The zero-order chi connectivity index (χ0) is 14.7. The van der Waals surface area contributed by atoms with Crippen molar-refractivity contribution < 1.29 is 9.53 Å². The topological polar surface area (TPSA) is 60.7 Å². The fourth-order valence-corrected chi connectivity index (χ4v) is 3.64. The Labute approximate surface area is 125 Å². The molecule has 0 saturated carbocycles. The van der Waals surface area contributed by atoms with Gasteiger partial charge < -0.3 is 4.74 Å². The van der Waals surface area contributed by atoms with E-state index in [1.165, 1.54) is 18.4 Å². The summed E-state index contributed by atoms with van der Waals surface area (Å²) in [4.78, 5) is 28.4. The first kappa shape index (κ1) is 15.1. The lowest BCUT2D eigenvalue weighted by Gasteiger charge is -2.08. The molecule has 0 aromatic carbocycles. The van der Waals surface area contributed by atoms with Crippen LogP contribution in [0.5, 0.6) is 0 Å². The van der Waals surface area contributed by atoms with Crippen molar-refractivity contribution in [3.05, 3.63) is 33.2 Å². The highest BCUT2D eigenvalue weighted by Crippen LogP contribution is 2.17. The number of hydrogen-bond donors (Lipinski definition) is 0. The molecule has 1 unspecified atom stereocenters. The Morgan fingerprint density at radius 3 is 3.05 bits per heavy atom. The highest BCUT2D eigenvalue weighted by molar-refractivity contribution is 7.98. The lowest BCUT2D eigenvalue weighted by molar-refractivity contribution is -0.143. The van der Waals surface area contributed by atoms with Crippen LogP contribution in [0.15, 0.2) is 16.2 Å². The Morgan fingerprint density at radius 1 is 1.60 bits per heavy atom. The standard InChI is InChI=1S/C13H16N2O3S2/c1-8(12(17)18-3)5-19-7-10-4-11(16)15-9(2)6-20-13(15)14-10/h4,6,8H,5,7H2,1-3H3. The molecule has 0 bridgehead atoms. The Hall–Kier alpha value is -1.34. The Kier molecular flexibility index (Phi) is 4.82. The SMILES string of the molecule is COC(=O)C(C)CSCc1cc(=O)n2c(C)csc2n1. The fraction of sp³-hybridized carbons (Fsp3) is 0.462. The van der Waals surface area contributed by atoms with E-state index < -0.39 is 0 Å². The number of rotatable bonds is 5. The van der Waals surface area contributed by atoms with Crippen LogP contribution in [0.2, 0.25) is 0 Å². The number of aromatic nitrogens is 2. The van der Waals surface area contributed by atoms with Gasteiger partial charge >= 0.3 is 5.97 Å². The zero-order valence-corrected chi connectivity index (χ0v) is 13.2. The maximum atomic E-state index is 12.0. The maximum Gasteiger partial charge on any atom is 0.309 e. The molecule has 0 aliphatic rings. The summed E-state index contributed by atoms with van der Waals surface area (Å²) >= 11 is 3.03. The first-order valence-corrected chi connectivity index (χ1v) is 8.18. The molecule has 20 heavy (non-hydrogen) atoms. The first-order chi connectivity index (χ1) is 9.52. The monoisotopic (exact) mass is 312 g/mol. The number of hydrogen-bond acceptors (Lipinski definition) is 6. The molecule has 0 aliphatic heterocycles. The molecule has 2 aromatic rings. The van der Waals surface area contributed by atoms with Crippen LogP contribution in [0.4, 0.5) is 0 Å². The summed E-state index contributed by atoms with van der Waals surface area (Å²) in [6.45, 7) is 3.71. The number of esters is 1. The molecule has 0 amide bonds. The van der Waals surface area contributed by atoms with Gasteiger partial charge in [0.05, 0.1) is 18.7 Å². The molecule has 0 spiro atoms. The number of carbonyl (C=O) groups excluding carboxylic acids is 1. The zero-order valence-electron chi connectivity index (χ0n) is 11.6. The summed E-state index contributed by atoms with van der Waals surface area (Å²) in [6.07, 6.45) is 0. The molecule has 0 aliphatic carbocycles. The number of thiazole rings is 1. The van der Waals surface area contributed by atoms with E-state index in [0.717, 1.165) is 11.4 Å². The van der Waals surface area contributed by atoms with E-state index in [-0.39, 0.29) is 17.4 Å². The number of ether oxygens (including phenoxy) is 1. The summed E-state index contributed by atoms with van der Waals surface area (Å²) in [5.41, 5.74) is 1.60. The maximum absolute atomic E-state index is 12.0. The molecule has 0 fully saturated rings. The minimum absolute atomic E-state index is 0.0506. The van der Waals surface area contributed by atoms with Crippen molar-refractivity contribution in [3.63, 3.8) is 0 Å². The molecular weight excluding hydrogens is 296 g/mol. The molecule has 108 valence electrons. The number of fused-ring (bicyclic) bond motifs is 1. The van der Waals surface area contributed by atoms with Gasteiger partial charge in [0.15, 0.2) is 4.96 Å². The molecule has 2 rings (SSSR count). The van der Waals surface area contributed by atoms with Crippen LogP contribution in [-0.2, 0) is 15.3 Å². The van der Waals surface area contributed by atoms with Crippen molar-refractivity contribution in [1.29, 1.82) is 0 Å². The van der Waals surface area contributed by atoms with Gasteiger partial charge in [-0.1, -0.05) is 6.92 Å². The third-order valence-electron chi connectivity index (χ3n) is 2.85. The second-order valence-electron chi connectivity index (χ2n) is 4.52. The number of methoxy groups -OCH3 is 1. The summed E-state index contributed by atoms with van der Waals surface area (Å²) in [7, 11) is 1.39. The van der Waals surface area contributed by atoms with Crippen molar-refractivity contribution in [1.82, 2.24) is 9.38 Å². The van der Waals surface area contributed by atoms with Crippen molar-refractivity contribution >= 4 is 34.0 Å². The number of nitrogens with zero attached hydrogens (tertiary/aromatic N) is 2. The predicted molar refractivity (Wildman–Crippen MR) is 81.4 cm³/mol. The molecule has 0 saturated heterocycles. The number of carbonyl (C=O) groups is 1. The lowest BCUT2D eigenvalue weighted by Crippen LogP contribution is -2.16. The third kappa shape index (κ3) is 3.21. The van der Waals surface area contributed by atoms with Gasteiger partial charge in [0, 0.05) is 28.6 Å². The molecule has 2 aromatic heterocycles. The van der Waals surface area contributed by atoms with Gasteiger partial charge in [0.1, 0.15) is 0 Å². The Morgan fingerprint density at radius 2 is 2.35 bits per heavy atom. The van der Waals surface area contributed by atoms with Crippen molar-refractivity contribution in [2.75, 3.05) is 12.9 Å². The van der Waals surface area contributed by atoms with Crippen molar-refractivity contribution in [2.45, 2.75) is 19.6 Å². The lowest BCUT2D eigenvalue weighted by atomic mass is 10.2. The van der Waals surface area contributed by atoms with Gasteiger partial charge in [-0.2, -0.15) is 11.8 Å². The van der Waals surface area contributed by atoms with E-state index in [2.05, 4.69) is 9.72 Å². The summed E-state index contributed by atoms with van der Waals surface area (Å²) in [5.74, 6) is 0.898. The molecule has 1 atom stereocenters. The van der Waals surface area contributed by atoms with Crippen LogP contribution >= 0.6 is 23.1 Å². The predicted octanol–water partition coefficient (Wildman–Crippen LogP) is 2.11. The van der Waals surface area contributed by atoms with Crippen LogP contribution in [-0.4, -0.2) is 28.2 Å². The third-order valence-corrected chi connectivity index (χ3v) is 5.03. The second kappa shape index (κ2) is 6.41. The van der Waals surface area contributed by atoms with Crippen LogP contribution in [0.1, 0.15) is 18.3 Å². The molecular formula is C13H16N2O3S2. The van der Waals surface area contributed by atoms with Crippen LogP contribution in [0.3, 0.4) is 0 Å². The van der Waals surface area contributed by atoms with E-state index in [4.69, 9.17) is 0 Å². The number of thioether (sulfide) groups is 1. The van der Waals surface area contributed by atoms with Gasteiger partial charge in [0.25, 0.3) is 5.56 Å². The van der Waals surface area contributed by atoms with E-state index >= 15 is 0 Å². The smallest absolute Gasteiger partial charge is 0.309 e. The average molecular weight is 312 g/mol. The summed E-state index contributed by atoms with van der Waals surface area (Å²) in [5, 5.41) is 1.92. The normalized spacial score (nSPS) is 12.6. The van der Waals surface area contributed by atoms with E-state index in [0.29, 0.717) is 16.5 Å². The van der Waals surface area contributed by atoms with Crippen LogP contribution in [0.25, 0.3) is 4.96 Å². The van der Waals surface area contributed by atoms with E-state index in [1.807, 2.05) is 19.2 Å². The van der Waals surface area contributed by atoms with Crippen molar-refractivity contribution in [2.24, 2.45) is 5.92 Å². The van der Waals surface area contributed by atoms with Gasteiger partial charge in [-0.3, -0.25) is 14.0 Å². The van der Waals surface area contributed by atoms with Crippen LogP contribution in [0, 0.1) is 12.8 Å². The molecule has 0 N–H and O–H groups in total. The van der Waals surface area contributed by atoms with Gasteiger partial charge in [-0.15, -0.1) is 11.3 Å². The quantitative estimate of drug-likeness (QED) is 0.791. The van der Waals surface area contributed by atoms with Gasteiger partial charge in [-0.05, 0) is 6.92 Å². The minimum Gasteiger partial charge on any atom is -0.469 e. The second-order valence-corrected chi connectivity index (χ2v) is 6.39. The molecule has 5 nitrogen and oxygen atoms in total. The molecule has 0 radical (unpaired) electrons. The van der Waals surface area contributed by atoms with Gasteiger partial charge in [0.2, 0.25) is 0 Å². The highest BCUT2D eigenvalue weighted by atomic mass is 32.2. The average Bonchev–Trinajstić information content (AvgIpc) is 2.79. The Balaban J connectivity index is 2.04. The van der Waals surface area contributed by atoms with Gasteiger partial charge in [-0.25, -0.2) is 4.98 Å². The largest absolute Gasteiger partial charge is 0.469 e. The fourth-order valence-electron chi connectivity index (χ4n) is 1.78. The summed E-state index contributed by atoms with van der Waals surface area (Å²) < 4.78 is 6.28. The molecule has 7 heteroatoms. The summed E-state index contributed by atoms with van der Waals surface area (Å²) in [6, 6.07) is 1.56. The van der Waals surface area contributed by atoms with E-state index in [1.54, 1.807) is 22.2 Å². The first-order valence-electron chi connectivity index (χ1n) is 6.15. The number of aryl methyl sites for hydroxylation is 1. The Bertz CT molecular complexity index is 678. The van der Waals surface area contributed by atoms with E-state index in [9.17, 15) is 9.59 Å². The molecule has 2 heterocycles. The van der Waals surface area contributed by atoms with Crippen molar-refractivity contribution in [3.8, 4) is 0 Å².